The van der Waals surface area contributed by atoms with Crippen molar-refractivity contribution in [2.24, 2.45) is 0 Å². The van der Waals surface area contributed by atoms with Gasteiger partial charge in [-0.05, 0) is 50.3 Å². The Morgan fingerprint density at radius 2 is 2.04 bits per heavy atom. The van der Waals surface area contributed by atoms with Crippen molar-refractivity contribution in [3.05, 3.63) is 35.4 Å². The highest BCUT2D eigenvalue weighted by atomic mass is 16.7. The molecule has 0 fully saturated rings. The summed E-state index contributed by atoms with van der Waals surface area (Å²) in [7, 11) is 1.91. The second-order valence-electron chi connectivity index (χ2n) is 7.16. The number of amides is 3. The summed E-state index contributed by atoms with van der Waals surface area (Å²) < 4.78 is 10.7. The van der Waals surface area contributed by atoms with Crippen molar-refractivity contribution >= 4 is 11.9 Å². The van der Waals surface area contributed by atoms with E-state index in [-0.39, 0.29) is 19.2 Å². The molecular weight excluding hydrogens is 346 g/mol. The van der Waals surface area contributed by atoms with Crippen LogP contribution in [0.5, 0.6) is 11.5 Å². The Labute approximate surface area is 159 Å². The van der Waals surface area contributed by atoms with Crippen LogP contribution >= 0.6 is 0 Å². The van der Waals surface area contributed by atoms with Crippen molar-refractivity contribution in [3.63, 3.8) is 0 Å². The number of allylic oxidation sites excluding steroid dienone is 1. The number of carbonyl (C=O) groups excluding carboxylic acids is 2. The molecule has 3 N–H and O–H groups in total. The largest absolute Gasteiger partial charge is 0.454 e. The van der Waals surface area contributed by atoms with Gasteiger partial charge in [-0.2, -0.15) is 0 Å². The maximum absolute atomic E-state index is 12.1. The SMILES string of the molecule is C[NH+](CC(=O)NC(=O)NCCC1=CCCCC1)Cc1ccc2c(c1)OCO2. The number of rotatable bonds is 7. The zero-order valence-corrected chi connectivity index (χ0v) is 15.8. The Bertz CT molecular complexity index is 717. The monoisotopic (exact) mass is 374 g/mol. The highest BCUT2D eigenvalue weighted by molar-refractivity contribution is 5.94. The molecular formula is C20H28N3O4+. The van der Waals surface area contributed by atoms with Crippen LogP contribution in [-0.4, -0.2) is 38.9 Å². The van der Waals surface area contributed by atoms with Crippen LogP contribution in [0.25, 0.3) is 0 Å². The molecule has 0 saturated heterocycles. The minimum Gasteiger partial charge on any atom is -0.454 e. The number of nitrogens with one attached hydrogen (secondary N) is 3. The van der Waals surface area contributed by atoms with Crippen LogP contribution in [0.1, 0.15) is 37.7 Å². The molecule has 0 bridgehead atoms. The summed E-state index contributed by atoms with van der Waals surface area (Å²) in [5.74, 6) is 1.19. The lowest BCUT2D eigenvalue weighted by molar-refractivity contribution is -0.885. The number of fused-ring (bicyclic) bond motifs is 1. The third kappa shape index (κ3) is 5.99. The molecule has 0 aromatic heterocycles. The zero-order valence-electron chi connectivity index (χ0n) is 15.8. The highest BCUT2D eigenvalue weighted by Gasteiger charge is 2.17. The second-order valence-corrected chi connectivity index (χ2v) is 7.16. The van der Waals surface area contributed by atoms with E-state index < -0.39 is 6.03 Å². The number of hydrogen-bond acceptors (Lipinski definition) is 4. The third-order valence-electron chi connectivity index (χ3n) is 4.77. The average Bonchev–Trinajstić information content (AvgIpc) is 3.10. The van der Waals surface area contributed by atoms with E-state index in [9.17, 15) is 9.59 Å². The van der Waals surface area contributed by atoms with Crippen molar-refractivity contribution in [2.75, 3.05) is 26.9 Å². The van der Waals surface area contributed by atoms with Gasteiger partial charge in [0.05, 0.1) is 7.05 Å². The van der Waals surface area contributed by atoms with Gasteiger partial charge in [0.25, 0.3) is 5.91 Å². The Morgan fingerprint density at radius 1 is 1.19 bits per heavy atom. The molecule has 3 rings (SSSR count). The maximum atomic E-state index is 12.1. The Morgan fingerprint density at radius 3 is 2.85 bits per heavy atom. The van der Waals surface area contributed by atoms with Gasteiger partial charge in [-0.15, -0.1) is 0 Å². The fourth-order valence-electron chi connectivity index (χ4n) is 3.42. The predicted octanol–water partition coefficient (Wildman–Crippen LogP) is 1.15. The van der Waals surface area contributed by atoms with E-state index in [1.807, 2.05) is 25.2 Å². The number of carbonyl (C=O) groups is 2. The van der Waals surface area contributed by atoms with Gasteiger partial charge in [0.2, 0.25) is 6.79 Å². The number of hydrogen-bond donors (Lipinski definition) is 3. The summed E-state index contributed by atoms with van der Waals surface area (Å²) in [5.41, 5.74) is 2.45. The van der Waals surface area contributed by atoms with E-state index in [0.717, 1.165) is 41.2 Å². The van der Waals surface area contributed by atoms with E-state index in [1.54, 1.807) is 0 Å². The van der Waals surface area contributed by atoms with Crippen LogP contribution in [0.15, 0.2) is 29.8 Å². The smallest absolute Gasteiger partial charge is 0.321 e. The molecule has 7 heteroatoms. The normalized spacial score (nSPS) is 16.4. The Hall–Kier alpha value is -2.54. The molecule has 1 heterocycles. The molecule has 1 aliphatic heterocycles. The maximum Gasteiger partial charge on any atom is 0.321 e. The minimum atomic E-state index is -0.424. The molecule has 1 aromatic rings. The Balaban J connectivity index is 1.35. The summed E-state index contributed by atoms with van der Waals surface area (Å²) >= 11 is 0. The molecule has 0 radical (unpaired) electrons. The van der Waals surface area contributed by atoms with Gasteiger partial charge < -0.3 is 19.7 Å². The quantitative estimate of drug-likeness (QED) is 0.626. The van der Waals surface area contributed by atoms with Crippen molar-refractivity contribution in [1.82, 2.24) is 10.6 Å². The fraction of sp³-hybridized carbons (Fsp3) is 0.500. The zero-order chi connectivity index (χ0) is 19.1. The van der Waals surface area contributed by atoms with Gasteiger partial charge in [0.1, 0.15) is 6.54 Å². The number of likely N-dealkylation sites (N-methyl/N-ethyl adjacent to an activating group) is 1. The van der Waals surface area contributed by atoms with Crippen LogP contribution in [-0.2, 0) is 11.3 Å². The van der Waals surface area contributed by atoms with Crippen molar-refractivity contribution in [1.29, 1.82) is 0 Å². The van der Waals surface area contributed by atoms with Gasteiger partial charge in [-0.1, -0.05) is 11.6 Å². The van der Waals surface area contributed by atoms with Crippen molar-refractivity contribution < 1.29 is 24.0 Å². The van der Waals surface area contributed by atoms with E-state index in [1.165, 1.54) is 18.4 Å². The van der Waals surface area contributed by atoms with Gasteiger partial charge in [-0.25, -0.2) is 4.79 Å². The molecule has 2 aliphatic rings. The topological polar surface area (TPSA) is 81.1 Å². The number of imide groups is 1. The van der Waals surface area contributed by atoms with E-state index in [0.29, 0.717) is 13.1 Å². The Kier molecular flexibility index (Phi) is 6.70. The highest BCUT2D eigenvalue weighted by Crippen LogP contribution is 2.32. The van der Waals surface area contributed by atoms with E-state index in [2.05, 4.69) is 16.7 Å². The van der Waals surface area contributed by atoms with Gasteiger partial charge in [0.15, 0.2) is 18.0 Å². The summed E-state index contributed by atoms with van der Waals surface area (Å²) in [6.07, 6.45) is 7.87. The lowest BCUT2D eigenvalue weighted by Gasteiger charge is -2.15. The van der Waals surface area contributed by atoms with Crippen LogP contribution in [0.4, 0.5) is 4.79 Å². The van der Waals surface area contributed by atoms with Crippen LogP contribution in [0, 0.1) is 0 Å². The first kappa shape index (κ1) is 19.2. The van der Waals surface area contributed by atoms with E-state index in [4.69, 9.17) is 9.47 Å². The first-order chi connectivity index (χ1) is 13.1. The average molecular weight is 374 g/mol. The molecule has 1 atom stereocenters. The van der Waals surface area contributed by atoms with E-state index >= 15 is 0 Å². The van der Waals surface area contributed by atoms with Gasteiger partial charge in [0, 0.05) is 12.1 Å². The second kappa shape index (κ2) is 9.41. The molecule has 1 unspecified atom stereocenters. The summed E-state index contributed by atoms with van der Waals surface area (Å²) in [4.78, 5) is 24.9. The minimum absolute atomic E-state index is 0.215. The third-order valence-corrected chi connectivity index (χ3v) is 4.77. The number of urea groups is 1. The van der Waals surface area contributed by atoms with Crippen molar-refractivity contribution in [3.8, 4) is 11.5 Å². The molecule has 7 nitrogen and oxygen atoms in total. The van der Waals surface area contributed by atoms with Crippen LogP contribution in [0.3, 0.4) is 0 Å². The standard InChI is InChI=1S/C20H27N3O4/c1-23(12-16-7-8-17-18(11-16)27-14-26-17)13-19(24)22-20(25)21-10-9-15-5-3-2-4-6-15/h5,7-8,11H,2-4,6,9-10,12-14H2,1H3,(H2,21,22,24,25)/p+1. The molecule has 146 valence electrons. The molecule has 0 saturated carbocycles. The van der Waals surface area contributed by atoms with Crippen LogP contribution < -0.4 is 25.0 Å². The van der Waals surface area contributed by atoms with Gasteiger partial charge in [-0.3, -0.25) is 10.1 Å². The summed E-state index contributed by atoms with van der Waals surface area (Å²) in [5, 5.41) is 5.16. The van der Waals surface area contributed by atoms with Gasteiger partial charge >= 0.3 is 6.03 Å². The first-order valence-corrected chi connectivity index (χ1v) is 9.55. The number of quaternary nitrogens is 1. The molecule has 3 amide bonds. The molecule has 1 aromatic carbocycles. The lowest BCUT2D eigenvalue weighted by atomic mass is 9.97. The first-order valence-electron chi connectivity index (χ1n) is 9.55. The fourth-order valence-corrected chi connectivity index (χ4v) is 3.42. The number of ether oxygens (including phenoxy) is 2. The van der Waals surface area contributed by atoms with Crippen LogP contribution in [0.2, 0.25) is 0 Å². The predicted molar refractivity (Wildman–Crippen MR) is 101 cm³/mol. The summed E-state index contributed by atoms with van der Waals surface area (Å²) in [6.45, 7) is 1.67. The molecule has 0 spiro atoms. The lowest BCUT2D eigenvalue weighted by Crippen LogP contribution is -3.09. The number of benzene rings is 1. The molecule has 1 aliphatic carbocycles. The summed E-state index contributed by atoms with van der Waals surface area (Å²) in [6, 6.07) is 5.34. The molecule has 27 heavy (non-hydrogen) atoms. The van der Waals surface area contributed by atoms with Crippen molar-refractivity contribution in [2.45, 2.75) is 38.6 Å².